The Kier molecular flexibility index (Phi) is 4.93. The Hall–Kier alpha value is -2.33. The fourth-order valence-corrected chi connectivity index (χ4v) is 2.69. The number of hydrogen-bond acceptors (Lipinski definition) is 3. The fraction of sp³-hybridized carbons (Fsp3) is 0.316. The molecule has 0 aliphatic heterocycles. The van der Waals surface area contributed by atoms with Gasteiger partial charge in [-0.1, -0.05) is 24.3 Å². The van der Waals surface area contributed by atoms with Crippen LogP contribution in [-0.4, -0.2) is 11.1 Å². The summed E-state index contributed by atoms with van der Waals surface area (Å²) in [5.41, 5.74) is 0.996. The van der Waals surface area contributed by atoms with E-state index in [4.69, 9.17) is 4.42 Å². The normalized spacial score (nSPS) is 12.6. The molecular formula is C19H22N2O2. The van der Waals surface area contributed by atoms with Crippen LogP contribution in [0, 0.1) is 0 Å². The SMILES string of the molecule is C[C@@H](NCCCCn1ccccc1=O)c1cc2ccccc2o1. The molecule has 23 heavy (non-hydrogen) atoms. The van der Waals surface area contributed by atoms with Crippen LogP contribution in [-0.2, 0) is 6.54 Å². The molecule has 0 amide bonds. The molecule has 0 spiro atoms. The van der Waals surface area contributed by atoms with Crippen molar-refractivity contribution in [1.82, 2.24) is 9.88 Å². The molecule has 0 bridgehead atoms. The molecule has 0 aliphatic rings. The molecule has 120 valence electrons. The molecule has 3 aromatic rings. The third kappa shape index (κ3) is 3.90. The highest BCUT2D eigenvalue weighted by atomic mass is 16.3. The van der Waals surface area contributed by atoms with Crippen LogP contribution in [0.15, 0.2) is 63.9 Å². The molecule has 2 heterocycles. The lowest BCUT2D eigenvalue weighted by Gasteiger charge is -2.11. The highest BCUT2D eigenvalue weighted by molar-refractivity contribution is 5.77. The monoisotopic (exact) mass is 310 g/mol. The number of nitrogens with zero attached hydrogens (tertiary/aromatic N) is 1. The van der Waals surface area contributed by atoms with E-state index < -0.39 is 0 Å². The lowest BCUT2D eigenvalue weighted by atomic mass is 10.2. The summed E-state index contributed by atoms with van der Waals surface area (Å²) < 4.78 is 7.62. The van der Waals surface area contributed by atoms with Crippen LogP contribution in [0.3, 0.4) is 0 Å². The van der Waals surface area contributed by atoms with Crippen LogP contribution < -0.4 is 10.9 Å². The van der Waals surface area contributed by atoms with Crippen molar-refractivity contribution in [2.45, 2.75) is 32.4 Å². The summed E-state index contributed by atoms with van der Waals surface area (Å²) in [6.07, 6.45) is 3.84. The fourth-order valence-electron chi connectivity index (χ4n) is 2.69. The molecule has 4 heteroatoms. The summed E-state index contributed by atoms with van der Waals surface area (Å²) in [5.74, 6) is 0.963. The summed E-state index contributed by atoms with van der Waals surface area (Å²) in [4.78, 5) is 11.6. The summed E-state index contributed by atoms with van der Waals surface area (Å²) >= 11 is 0. The first kappa shape index (κ1) is 15.6. The van der Waals surface area contributed by atoms with Gasteiger partial charge in [-0.05, 0) is 44.5 Å². The summed E-state index contributed by atoms with van der Waals surface area (Å²) in [6, 6.07) is 15.6. The average molecular weight is 310 g/mol. The summed E-state index contributed by atoms with van der Waals surface area (Å²) in [7, 11) is 0. The van der Waals surface area contributed by atoms with Gasteiger partial charge in [-0.15, -0.1) is 0 Å². The van der Waals surface area contributed by atoms with E-state index in [0.29, 0.717) is 0 Å². The second kappa shape index (κ2) is 7.29. The van der Waals surface area contributed by atoms with Gasteiger partial charge in [-0.3, -0.25) is 4.79 Å². The van der Waals surface area contributed by atoms with Crippen molar-refractivity contribution < 1.29 is 4.42 Å². The van der Waals surface area contributed by atoms with Crippen molar-refractivity contribution in [3.05, 3.63) is 70.8 Å². The van der Waals surface area contributed by atoms with Crippen LogP contribution in [0.1, 0.15) is 31.6 Å². The lowest BCUT2D eigenvalue weighted by molar-refractivity contribution is 0.441. The highest BCUT2D eigenvalue weighted by Gasteiger charge is 2.10. The first-order valence-electron chi connectivity index (χ1n) is 8.11. The molecule has 2 aromatic heterocycles. The molecule has 0 fully saturated rings. The molecule has 0 aliphatic carbocycles. The van der Waals surface area contributed by atoms with E-state index in [1.54, 1.807) is 16.7 Å². The number of furan rings is 1. The molecule has 4 nitrogen and oxygen atoms in total. The molecule has 0 saturated heterocycles. The van der Waals surface area contributed by atoms with Crippen LogP contribution in [0.4, 0.5) is 0 Å². The number of para-hydroxylation sites is 1. The van der Waals surface area contributed by atoms with Gasteiger partial charge in [0.25, 0.3) is 0 Å². The molecule has 1 N–H and O–H groups in total. The van der Waals surface area contributed by atoms with Gasteiger partial charge in [0.1, 0.15) is 11.3 Å². The predicted molar refractivity (Wildman–Crippen MR) is 92.6 cm³/mol. The number of rotatable bonds is 7. The third-order valence-corrected chi connectivity index (χ3v) is 4.05. The van der Waals surface area contributed by atoms with Crippen LogP contribution in [0.2, 0.25) is 0 Å². The summed E-state index contributed by atoms with van der Waals surface area (Å²) in [5, 5.41) is 4.62. The number of fused-ring (bicyclic) bond motifs is 1. The van der Waals surface area contributed by atoms with Gasteiger partial charge in [0.05, 0.1) is 6.04 Å². The Morgan fingerprint density at radius 3 is 2.78 bits per heavy atom. The van der Waals surface area contributed by atoms with E-state index in [1.807, 2.05) is 30.5 Å². The van der Waals surface area contributed by atoms with Gasteiger partial charge in [0.2, 0.25) is 5.56 Å². The molecule has 1 atom stereocenters. The van der Waals surface area contributed by atoms with Gasteiger partial charge in [-0.25, -0.2) is 0 Å². The largest absolute Gasteiger partial charge is 0.459 e. The first-order chi connectivity index (χ1) is 11.2. The Morgan fingerprint density at radius 2 is 1.96 bits per heavy atom. The zero-order valence-corrected chi connectivity index (χ0v) is 13.4. The molecule has 0 saturated carbocycles. The first-order valence-corrected chi connectivity index (χ1v) is 8.11. The summed E-state index contributed by atoms with van der Waals surface area (Å²) in [6.45, 7) is 3.78. The van der Waals surface area contributed by atoms with E-state index in [2.05, 4.69) is 24.4 Å². The molecule has 3 rings (SSSR count). The highest BCUT2D eigenvalue weighted by Crippen LogP contribution is 2.23. The number of nitrogens with one attached hydrogen (secondary N) is 1. The van der Waals surface area contributed by atoms with Gasteiger partial charge < -0.3 is 14.3 Å². The minimum Gasteiger partial charge on any atom is -0.459 e. The van der Waals surface area contributed by atoms with Crippen LogP contribution in [0.5, 0.6) is 0 Å². The Bertz CT molecular complexity index is 786. The molecule has 0 unspecified atom stereocenters. The maximum atomic E-state index is 11.6. The number of unbranched alkanes of at least 4 members (excludes halogenated alkanes) is 1. The Morgan fingerprint density at radius 1 is 1.13 bits per heavy atom. The number of aryl methyl sites for hydroxylation is 1. The number of aromatic nitrogens is 1. The van der Waals surface area contributed by atoms with E-state index in [1.165, 1.54) is 0 Å². The zero-order valence-electron chi connectivity index (χ0n) is 13.4. The second-order valence-electron chi connectivity index (χ2n) is 5.80. The second-order valence-corrected chi connectivity index (χ2v) is 5.80. The zero-order chi connectivity index (χ0) is 16.1. The minimum atomic E-state index is 0.0658. The third-order valence-electron chi connectivity index (χ3n) is 4.05. The maximum absolute atomic E-state index is 11.6. The van der Waals surface area contributed by atoms with Gasteiger partial charge in [0, 0.05) is 24.2 Å². The predicted octanol–water partition coefficient (Wildman–Crippen LogP) is 3.73. The van der Waals surface area contributed by atoms with Crippen molar-refractivity contribution in [1.29, 1.82) is 0 Å². The van der Waals surface area contributed by atoms with Crippen molar-refractivity contribution in [3.8, 4) is 0 Å². The Balaban J connectivity index is 1.45. The maximum Gasteiger partial charge on any atom is 0.250 e. The number of hydrogen-bond donors (Lipinski definition) is 1. The standard InChI is InChI=1S/C19H22N2O2/c1-15(18-14-16-8-2-3-9-17(16)23-18)20-11-5-7-13-21-12-6-4-10-19(21)22/h2-4,6,8-10,12,14-15,20H,5,7,11,13H2,1H3/t15-/m1/s1. The lowest BCUT2D eigenvalue weighted by Crippen LogP contribution is -2.21. The molecule has 0 radical (unpaired) electrons. The van der Waals surface area contributed by atoms with Crippen molar-refractivity contribution in [2.75, 3.05) is 6.54 Å². The smallest absolute Gasteiger partial charge is 0.250 e. The van der Waals surface area contributed by atoms with Crippen molar-refractivity contribution in [2.24, 2.45) is 0 Å². The van der Waals surface area contributed by atoms with Crippen LogP contribution in [0.25, 0.3) is 11.0 Å². The Labute approximate surface area is 135 Å². The molecular weight excluding hydrogens is 288 g/mol. The van der Waals surface area contributed by atoms with E-state index in [9.17, 15) is 4.79 Å². The van der Waals surface area contributed by atoms with Crippen LogP contribution >= 0.6 is 0 Å². The van der Waals surface area contributed by atoms with Gasteiger partial charge >= 0.3 is 0 Å². The van der Waals surface area contributed by atoms with Crippen molar-refractivity contribution in [3.63, 3.8) is 0 Å². The van der Waals surface area contributed by atoms with Gasteiger partial charge in [-0.2, -0.15) is 0 Å². The molecule has 1 aromatic carbocycles. The minimum absolute atomic E-state index is 0.0658. The number of benzene rings is 1. The van der Waals surface area contributed by atoms with E-state index in [-0.39, 0.29) is 11.6 Å². The van der Waals surface area contributed by atoms with E-state index >= 15 is 0 Å². The number of pyridine rings is 1. The van der Waals surface area contributed by atoms with Gasteiger partial charge in [0.15, 0.2) is 0 Å². The quantitative estimate of drug-likeness (QED) is 0.676. The average Bonchev–Trinajstić information content (AvgIpc) is 3.00. The topological polar surface area (TPSA) is 47.2 Å². The van der Waals surface area contributed by atoms with E-state index in [0.717, 1.165) is 42.7 Å². The van der Waals surface area contributed by atoms with Crippen molar-refractivity contribution >= 4 is 11.0 Å².